The Morgan fingerprint density at radius 2 is 0.552 bits per heavy atom. The van der Waals surface area contributed by atoms with Crippen molar-refractivity contribution in [3.05, 3.63) is 144 Å². The van der Waals surface area contributed by atoms with Gasteiger partial charge >= 0.3 is 23.9 Å². The highest BCUT2D eigenvalue weighted by Crippen LogP contribution is 2.45. The van der Waals surface area contributed by atoms with E-state index in [0.29, 0.717) is 92.5 Å². The highest BCUT2D eigenvalue weighted by Gasteiger charge is 2.24. The first-order valence-corrected chi connectivity index (χ1v) is 43.2. The molecule has 0 radical (unpaired) electrons. The summed E-state index contributed by atoms with van der Waals surface area (Å²) in [5.41, 5.74) is 12.6. The number of nitrogens with one attached hydrogen (secondary N) is 2. The Kier molecular flexibility index (Phi) is 24.5. The fraction of sp³-hybridized carbons (Fsp3) is 0.368. The van der Waals surface area contributed by atoms with Gasteiger partial charge in [0.05, 0.1) is 22.8 Å². The van der Waals surface area contributed by atoms with E-state index in [1.807, 2.05) is 208 Å². The van der Waals surface area contributed by atoms with Crippen LogP contribution in [0, 0.1) is 0 Å². The van der Waals surface area contributed by atoms with Crippen molar-refractivity contribution in [2.75, 3.05) is 23.0 Å². The molecule has 6 aliphatic rings. The van der Waals surface area contributed by atoms with E-state index in [1.54, 1.807) is 0 Å². The second-order valence-electron chi connectivity index (χ2n) is 24.8. The Morgan fingerprint density at radius 1 is 0.323 bits per heavy atom. The van der Waals surface area contributed by atoms with E-state index in [4.69, 9.17) is 28.9 Å². The molecule has 4 atom stereocenters. The highest BCUT2D eigenvalue weighted by atomic mass is 33.1. The van der Waals surface area contributed by atoms with Crippen molar-refractivity contribution in [2.45, 2.75) is 149 Å². The highest BCUT2D eigenvalue weighted by molar-refractivity contribution is 8.78. The second-order valence-corrected chi connectivity index (χ2v) is 35.9. The number of fused-ring (bicyclic) bond motifs is 8. The lowest BCUT2D eigenvalue weighted by Gasteiger charge is -2.10. The lowest BCUT2D eigenvalue weighted by molar-refractivity contribution is -0.135. The number of ether oxygens (including phenoxy) is 4. The number of nitrogens with zero attached hydrogens (tertiary/aromatic N) is 2. The average molecular weight is 1430 g/mol. The van der Waals surface area contributed by atoms with Gasteiger partial charge in [-0.15, -0.1) is 0 Å². The first-order valence-electron chi connectivity index (χ1n) is 33.7. The molecular weight excluding hydrogens is 1350 g/mol. The minimum Gasteiger partial charge on any atom is -0.427 e. The maximum absolute atomic E-state index is 13.2. The quantitative estimate of drug-likeness (QED) is 0.0206. The van der Waals surface area contributed by atoms with Gasteiger partial charge in [-0.3, -0.25) is 19.2 Å². The van der Waals surface area contributed by atoms with Crippen molar-refractivity contribution >= 4 is 157 Å². The molecule has 498 valence electrons. The molecule has 0 saturated carbocycles. The van der Waals surface area contributed by atoms with Gasteiger partial charge in [-0.05, 0) is 196 Å². The van der Waals surface area contributed by atoms with Crippen LogP contribution in [0.3, 0.4) is 0 Å². The van der Waals surface area contributed by atoms with Gasteiger partial charge in [0, 0.05) is 114 Å². The largest absolute Gasteiger partial charge is 0.427 e. The van der Waals surface area contributed by atoms with E-state index >= 15 is 0 Å². The summed E-state index contributed by atoms with van der Waals surface area (Å²) in [6, 6.07) is 38.9. The van der Waals surface area contributed by atoms with Gasteiger partial charge < -0.3 is 28.9 Å². The van der Waals surface area contributed by atoms with Crippen LogP contribution in [0.15, 0.2) is 121 Å². The van der Waals surface area contributed by atoms with Crippen LogP contribution >= 0.6 is 86.4 Å². The Bertz CT molecular complexity index is 3580. The van der Waals surface area contributed by atoms with E-state index < -0.39 is 0 Å². The topological polar surface area (TPSA) is 163 Å². The number of aromatic nitrogens is 4. The fourth-order valence-electron chi connectivity index (χ4n) is 12.7. The molecular formula is C76H78N4O8S8. The van der Waals surface area contributed by atoms with Crippen molar-refractivity contribution in [3.63, 3.8) is 0 Å². The summed E-state index contributed by atoms with van der Waals surface area (Å²) in [5.74, 6) is 5.70. The molecule has 13 rings (SSSR count). The zero-order chi connectivity index (χ0) is 65.4. The third kappa shape index (κ3) is 18.5. The number of benzene rings is 4. The van der Waals surface area contributed by atoms with Crippen molar-refractivity contribution in [1.29, 1.82) is 0 Å². The number of carbonyl (C=O) groups is 4. The maximum atomic E-state index is 13.2. The smallest absolute Gasteiger partial charge is 0.311 e. The van der Waals surface area contributed by atoms with Crippen molar-refractivity contribution in [2.24, 2.45) is 0 Å². The molecule has 3 aromatic heterocycles. The van der Waals surface area contributed by atoms with E-state index in [9.17, 15) is 19.2 Å². The standard InChI is InChI=1S/C76H78N4O8S8/c81-69(13-5-1-9-57-41-45-89-93-57)85-53-25-17-49(18-26-53)73-61-33-35-63(77-61)74(50-19-27-54(28-20-50)86-70(82)14-6-2-10-58-42-46-90-94-58)65-37-39-67(79-65)76(52-23-31-56(32-24-52)88-72(84)16-8-4-12-60-44-48-92-96-60)68-40-38-66(80-68)75(64-36-34-62(73)78-64)51-21-29-55(30-22-51)87-71(83)15-7-3-11-59-43-47-91-95-59/h17-40,57-60,77,80H,1-16,41-48H2. The van der Waals surface area contributed by atoms with Gasteiger partial charge in [0.25, 0.3) is 0 Å². The van der Waals surface area contributed by atoms with E-state index in [2.05, 4.69) is 34.2 Å². The Morgan fingerprint density at radius 3 is 0.760 bits per heavy atom. The van der Waals surface area contributed by atoms with E-state index in [0.717, 1.165) is 144 Å². The van der Waals surface area contributed by atoms with Gasteiger partial charge in [-0.1, -0.05) is 161 Å². The lowest BCUT2D eigenvalue weighted by atomic mass is 10.0. The molecule has 4 saturated heterocycles. The number of H-pyrrole nitrogens is 2. The molecule has 4 unspecified atom stereocenters. The van der Waals surface area contributed by atoms with Crippen molar-refractivity contribution < 1.29 is 38.1 Å². The number of hydrogen-bond acceptors (Lipinski definition) is 18. The number of unbranched alkanes of at least 4 members (excludes halogenated alkanes) is 4. The van der Waals surface area contributed by atoms with E-state index in [1.165, 1.54) is 48.7 Å². The molecule has 8 bridgehead atoms. The van der Waals surface area contributed by atoms with Gasteiger partial charge in [0.2, 0.25) is 0 Å². The number of esters is 4. The first kappa shape index (κ1) is 68.7. The summed E-state index contributed by atoms with van der Waals surface area (Å²) in [5, 5.41) is 2.68. The van der Waals surface area contributed by atoms with Gasteiger partial charge in [-0.2, -0.15) is 0 Å². The number of carbonyl (C=O) groups excluding carboxylic acids is 4. The molecule has 96 heavy (non-hydrogen) atoms. The average Bonchev–Trinajstić information content (AvgIpc) is 1.61. The van der Waals surface area contributed by atoms with Crippen LogP contribution in [0.4, 0.5) is 0 Å². The molecule has 4 fully saturated rings. The van der Waals surface area contributed by atoms with Crippen LogP contribution in [-0.2, 0) is 19.2 Å². The van der Waals surface area contributed by atoms with Crippen LogP contribution < -0.4 is 18.9 Å². The summed E-state index contributed by atoms with van der Waals surface area (Å²) in [6.07, 6.45) is 26.1. The summed E-state index contributed by atoms with van der Waals surface area (Å²) in [7, 11) is 15.7. The van der Waals surface area contributed by atoms with Crippen LogP contribution in [0.2, 0.25) is 0 Å². The van der Waals surface area contributed by atoms with Crippen molar-refractivity contribution in [3.8, 4) is 67.5 Å². The van der Waals surface area contributed by atoms with Gasteiger partial charge in [0.15, 0.2) is 0 Å². The molecule has 0 spiro atoms. The zero-order valence-corrected chi connectivity index (χ0v) is 60.1. The lowest BCUT2D eigenvalue weighted by Crippen LogP contribution is -2.08. The number of aromatic amines is 2. The Hall–Kier alpha value is -5.84. The van der Waals surface area contributed by atoms with Crippen LogP contribution in [-0.4, -0.2) is 87.8 Å². The predicted molar refractivity (Wildman–Crippen MR) is 411 cm³/mol. The molecule has 0 amide bonds. The molecule has 4 aromatic carbocycles. The summed E-state index contributed by atoms with van der Waals surface area (Å²) in [4.78, 5) is 71.6. The minimum atomic E-state index is -0.244. The molecule has 20 heteroatoms. The number of hydrogen-bond donors (Lipinski definition) is 2. The second kappa shape index (κ2) is 34.3. The molecule has 9 heterocycles. The third-order valence-corrected chi connectivity index (χ3v) is 29.8. The molecule has 0 aliphatic carbocycles. The molecule has 6 aliphatic heterocycles. The molecule has 7 aromatic rings. The number of rotatable bonds is 28. The first-order chi connectivity index (χ1) is 47.2. The SMILES string of the molecule is O=C(CCCCC1CCSS1)Oc1ccc(-c2c3nc(c(-c4ccc(OC(=O)CCCCC5CCSS5)cc4)c4ccc([nH]4)c(-c4ccc(OC(=O)CCCCC5CCSS5)cc4)c4nc(c(-c5ccc(OC(=O)CCCCC6CCSS6)cc5)c5ccc2[nH]5)C=C4)C=C3)cc1. The molecule has 2 N–H and O–H groups in total. The minimum absolute atomic E-state index is 0.244. The van der Waals surface area contributed by atoms with Gasteiger partial charge in [0.1, 0.15) is 23.0 Å². The normalized spacial score (nSPS) is 18.1. The summed E-state index contributed by atoms with van der Waals surface area (Å²) in [6.45, 7) is 0. The summed E-state index contributed by atoms with van der Waals surface area (Å²) < 4.78 is 23.8. The predicted octanol–water partition coefficient (Wildman–Crippen LogP) is 21.8. The molecule has 12 nitrogen and oxygen atoms in total. The Labute approximate surface area is 593 Å². The monoisotopic (exact) mass is 1430 g/mol. The van der Waals surface area contributed by atoms with Crippen LogP contribution in [0.5, 0.6) is 23.0 Å². The van der Waals surface area contributed by atoms with Crippen LogP contribution in [0.1, 0.15) is 151 Å². The summed E-state index contributed by atoms with van der Waals surface area (Å²) >= 11 is 0. The Balaban J connectivity index is 0.879. The fourth-order valence-corrected chi connectivity index (χ4v) is 24.8. The van der Waals surface area contributed by atoms with Crippen LogP contribution in [0.25, 0.3) is 90.9 Å². The maximum Gasteiger partial charge on any atom is 0.311 e. The van der Waals surface area contributed by atoms with E-state index in [-0.39, 0.29) is 23.9 Å². The zero-order valence-electron chi connectivity index (χ0n) is 53.6. The van der Waals surface area contributed by atoms with Crippen molar-refractivity contribution in [1.82, 2.24) is 19.9 Å². The van der Waals surface area contributed by atoms with Gasteiger partial charge in [-0.25, -0.2) is 9.97 Å². The third-order valence-electron chi connectivity index (χ3n) is 17.8.